The summed E-state index contributed by atoms with van der Waals surface area (Å²) in [6, 6.07) is 10.4. The molecule has 110 valence electrons. The lowest BCUT2D eigenvalue weighted by molar-refractivity contribution is 0.321. The van der Waals surface area contributed by atoms with Crippen molar-refractivity contribution in [2.24, 2.45) is 5.73 Å². The van der Waals surface area contributed by atoms with E-state index >= 15 is 0 Å². The molecule has 0 atom stereocenters. The maximum Gasteiger partial charge on any atom is 0.167 e. The van der Waals surface area contributed by atoms with Gasteiger partial charge in [0, 0.05) is 17.3 Å². The molecule has 2 aromatic rings. The van der Waals surface area contributed by atoms with E-state index in [-0.39, 0.29) is 5.75 Å². The maximum absolute atomic E-state index is 13.9. The van der Waals surface area contributed by atoms with Crippen LogP contribution in [0.5, 0.6) is 5.75 Å². The molecule has 0 saturated heterocycles. The average Bonchev–Trinajstić information content (AvgIpc) is 2.44. The van der Waals surface area contributed by atoms with Gasteiger partial charge in [-0.15, -0.1) is 0 Å². The predicted molar refractivity (Wildman–Crippen MR) is 87.9 cm³/mol. The molecule has 0 heterocycles. The van der Waals surface area contributed by atoms with Crippen molar-refractivity contribution in [3.63, 3.8) is 0 Å². The molecule has 0 spiro atoms. The number of rotatable bonds is 5. The highest BCUT2D eigenvalue weighted by Gasteiger charge is 2.10. The van der Waals surface area contributed by atoms with E-state index in [1.807, 2.05) is 32.0 Å². The van der Waals surface area contributed by atoms with E-state index in [0.717, 1.165) is 16.8 Å². The topological polar surface area (TPSA) is 47.3 Å². The fourth-order valence-corrected chi connectivity index (χ4v) is 2.20. The standard InChI is InChI=1S/C16H17FN2OS/c1-3-20-14-8-7-11(9-13(14)17)19-15-10(2)5-4-6-12(15)16(18)21/h4-9,19H,3H2,1-2H3,(H2,18,21). The Hall–Kier alpha value is -2.14. The molecule has 0 aliphatic heterocycles. The Balaban J connectivity index is 2.34. The van der Waals surface area contributed by atoms with Crippen molar-refractivity contribution in [2.45, 2.75) is 13.8 Å². The predicted octanol–water partition coefficient (Wildman–Crippen LogP) is 3.91. The minimum Gasteiger partial charge on any atom is -0.491 e. The van der Waals surface area contributed by atoms with E-state index in [1.165, 1.54) is 6.07 Å². The van der Waals surface area contributed by atoms with E-state index in [2.05, 4.69) is 5.32 Å². The first kappa shape index (κ1) is 15.3. The maximum atomic E-state index is 13.9. The lowest BCUT2D eigenvalue weighted by Gasteiger charge is -2.15. The van der Waals surface area contributed by atoms with Gasteiger partial charge in [0.1, 0.15) is 4.99 Å². The number of nitrogens with one attached hydrogen (secondary N) is 1. The summed E-state index contributed by atoms with van der Waals surface area (Å²) in [6.07, 6.45) is 0. The van der Waals surface area contributed by atoms with E-state index in [9.17, 15) is 4.39 Å². The number of halogens is 1. The van der Waals surface area contributed by atoms with Crippen LogP contribution in [0.4, 0.5) is 15.8 Å². The third-order valence-electron chi connectivity index (χ3n) is 3.04. The molecule has 2 aromatic carbocycles. The Morgan fingerprint density at radius 2 is 2.10 bits per heavy atom. The summed E-state index contributed by atoms with van der Waals surface area (Å²) in [5.41, 5.74) is 8.84. The molecule has 0 amide bonds. The molecule has 2 rings (SSSR count). The van der Waals surface area contributed by atoms with E-state index < -0.39 is 5.82 Å². The smallest absolute Gasteiger partial charge is 0.167 e. The first-order valence-electron chi connectivity index (χ1n) is 6.61. The van der Waals surface area contributed by atoms with E-state index in [1.54, 1.807) is 12.1 Å². The monoisotopic (exact) mass is 304 g/mol. The van der Waals surface area contributed by atoms with Crippen LogP contribution in [-0.2, 0) is 0 Å². The summed E-state index contributed by atoms with van der Waals surface area (Å²) in [5, 5.41) is 3.17. The van der Waals surface area contributed by atoms with Gasteiger partial charge >= 0.3 is 0 Å². The normalized spacial score (nSPS) is 10.2. The van der Waals surface area contributed by atoms with Gasteiger partial charge in [0.2, 0.25) is 0 Å². The molecule has 0 aromatic heterocycles. The van der Waals surface area contributed by atoms with Gasteiger partial charge in [-0.3, -0.25) is 0 Å². The van der Waals surface area contributed by atoms with Crippen molar-refractivity contribution >= 4 is 28.6 Å². The van der Waals surface area contributed by atoms with Crippen molar-refractivity contribution in [2.75, 3.05) is 11.9 Å². The molecular formula is C16H17FN2OS. The Labute approximate surface area is 128 Å². The second-order valence-electron chi connectivity index (χ2n) is 4.56. The summed E-state index contributed by atoms with van der Waals surface area (Å²) >= 11 is 5.05. The molecule has 5 heteroatoms. The summed E-state index contributed by atoms with van der Waals surface area (Å²) in [7, 11) is 0. The van der Waals surface area contributed by atoms with Gasteiger partial charge in [0.05, 0.1) is 12.3 Å². The third kappa shape index (κ3) is 3.49. The molecule has 0 bridgehead atoms. The number of hydrogen-bond donors (Lipinski definition) is 2. The molecule has 0 fully saturated rings. The van der Waals surface area contributed by atoms with Crippen molar-refractivity contribution in [3.8, 4) is 5.75 Å². The number of benzene rings is 2. The highest BCUT2D eigenvalue weighted by Crippen LogP contribution is 2.27. The Morgan fingerprint density at radius 1 is 1.33 bits per heavy atom. The number of aryl methyl sites for hydroxylation is 1. The zero-order chi connectivity index (χ0) is 15.4. The Morgan fingerprint density at radius 3 is 2.71 bits per heavy atom. The summed E-state index contributed by atoms with van der Waals surface area (Å²) in [6.45, 7) is 4.18. The van der Waals surface area contributed by atoms with E-state index in [0.29, 0.717) is 17.3 Å². The zero-order valence-electron chi connectivity index (χ0n) is 11.9. The minimum absolute atomic E-state index is 0.238. The van der Waals surface area contributed by atoms with Crippen molar-refractivity contribution in [1.82, 2.24) is 0 Å². The number of para-hydroxylation sites is 1. The minimum atomic E-state index is -0.410. The number of hydrogen-bond acceptors (Lipinski definition) is 3. The molecule has 0 radical (unpaired) electrons. The van der Waals surface area contributed by atoms with Gasteiger partial charge in [0.25, 0.3) is 0 Å². The largest absolute Gasteiger partial charge is 0.491 e. The van der Waals surface area contributed by atoms with Crippen LogP contribution in [0, 0.1) is 12.7 Å². The third-order valence-corrected chi connectivity index (χ3v) is 3.26. The average molecular weight is 304 g/mol. The number of thiocarbonyl (C=S) groups is 1. The lowest BCUT2D eigenvalue weighted by Crippen LogP contribution is -2.12. The van der Waals surface area contributed by atoms with Crippen LogP contribution in [0.15, 0.2) is 36.4 Å². The van der Waals surface area contributed by atoms with Crippen molar-refractivity contribution < 1.29 is 9.13 Å². The van der Waals surface area contributed by atoms with Crippen LogP contribution >= 0.6 is 12.2 Å². The summed E-state index contributed by atoms with van der Waals surface area (Å²) in [5.74, 6) is -0.172. The Bertz CT molecular complexity index is 673. The molecule has 3 N–H and O–H groups in total. The van der Waals surface area contributed by atoms with Crippen LogP contribution in [0.3, 0.4) is 0 Å². The van der Waals surface area contributed by atoms with Crippen molar-refractivity contribution in [3.05, 3.63) is 53.3 Å². The number of ether oxygens (including phenoxy) is 1. The molecule has 0 saturated carbocycles. The van der Waals surface area contributed by atoms with Crippen LogP contribution in [0.2, 0.25) is 0 Å². The van der Waals surface area contributed by atoms with Crippen LogP contribution in [0.1, 0.15) is 18.1 Å². The van der Waals surface area contributed by atoms with Gasteiger partial charge in [-0.1, -0.05) is 24.4 Å². The SMILES string of the molecule is CCOc1ccc(Nc2c(C)cccc2C(N)=S)cc1F. The number of nitrogens with two attached hydrogens (primary N) is 1. The molecule has 0 aliphatic carbocycles. The highest BCUT2D eigenvalue weighted by molar-refractivity contribution is 7.80. The number of anilines is 2. The second-order valence-corrected chi connectivity index (χ2v) is 5.00. The van der Waals surface area contributed by atoms with Crippen LogP contribution < -0.4 is 15.8 Å². The van der Waals surface area contributed by atoms with Gasteiger partial charge in [-0.2, -0.15) is 0 Å². The van der Waals surface area contributed by atoms with Gasteiger partial charge in [0.15, 0.2) is 11.6 Å². The quantitative estimate of drug-likeness (QED) is 0.822. The molecule has 0 unspecified atom stereocenters. The molecular weight excluding hydrogens is 287 g/mol. The first-order chi connectivity index (χ1) is 10.0. The van der Waals surface area contributed by atoms with Crippen LogP contribution in [-0.4, -0.2) is 11.6 Å². The summed E-state index contributed by atoms with van der Waals surface area (Å²) in [4.78, 5) is 0.299. The van der Waals surface area contributed by atoms with Crippen molar-refractivity contribution in [1.29, 1.82) is 0 Å². The molecule has 21 heavy (non-hydrogen) atoms. The summed E-state index contributed by atoms with van der Waals surface area (Å²) < 4.78 is 19.1. The zero-order valence-corrected chi connectivity index (χ0v) is 12.8. The fourth-order valence-electron chi connectivity index (χ4n) is 2.03. The van der Waals surface area contributed by atoms with Gasteiger partial charge in [-0.25, -0.2) is 4.39 Å². The lowest BCUT2D eigenvalue weighted by atomic mass is 10.1. The van der Waals surface area contributed by atoms with Crippen LogP contribution in [0.25, 0.3) is 0 Å². The Kier molecular flexibility index (Phi) is 4.75. The van der Waals surface area contributed by atoms with Gasteiger partial charge in [-0.05, 0) is 37.6 Å². The molecule has 3 nitrogen and oxygen atoms in total. The second kappa shape index (κ2) is 6.54. The van der Waals surface area contributed by atoms with Gasteiger partial charge < -0.3 is 15.8 Å². The fraction of sp³-hybridized carbons (Fsp3) is 0.188. The molecule has 0 aliphatic rings. The highest BCUT2D eigenvalue weighted by atomic mass is 32.1. The van der Waals surface area contributed by atoms with E-state index in [4.69, 9.17) is 22.7 Å². The first-order valence-corrected chi connectivity index (χ1v) is 7.02.